The smallest absolute Gasteiger partial charge is 0.379 e. The molecule has 0 saturated carbocycles. The van der Waals surface area contributed by atoms with Gasteiger partial charge in [0.25, 0.3) is 5.91 Å². The molecule has 5 nitrogen and oxygen atoms in total. The molecule has 0 spiro atoms. The summed E-state index contributed by atoms with van der Waals surface area (Å²) >= 11 is 0. The number of hydrogen-bond donors (Lipinski definition) is 2. The van der Waals surface area contributed by atoms with Crippen molar-refractivity contribution in [2.24, 2.45) is 0 Å². The number of carbonyl (C=O) groups excluding carboxylic acids is 1. The first-order valence-corrected chi connectivity index (χ1v) is 7.50. The quantitative estimate of drug-likeness (QED) is 0.273. The fourth-order valence-electron chi connectivity index (χ4n) is 1.69. The first-order valence-electron chi connectivity index (χ1n) is 7.50. The van der Waals surface area contributed by atoms with Gasteiger partial charge >= 0.3 is 18.9 Å². The topological polar surface area (TPSA) is 67.0 Å². The van der Waals surface area contributed by atoms with Crippen LogP contribution >= 0.6 is 0 Å². The van der Waals surface area contributed by atoms with Crippen molar-refractivity contribution in [3.8, 4) is 0 Å². The molecule has 0 atom stereocenters. The second kappa shape index (κ2) is 12.6. The molecule has 0 aliphatic heterocycles. The van der Waals surface area contributed by atoms with Gasteiger partial charge in [0.1, 0.15) is 5.69 Å². The average Bonchev–Trinajstić information content (AvgIpc) is 2.98. The molecule has 6 heteroatoms. The summed E-state index contributed by atoms with van der Waals surface area (Å²) in [7, 11) is 0. The minimum atomic E-state index is -0.212. The third-order valence-electron chi connectivity index (χ3n) is 2.81. The van der Waals surface area contributed by atoms with Crippen LogP contribution in [0.5, 0.6) is 0 Å². The summed E-state index contributed by atoms with van der Waals surface area (Å²) in [6, 6.07) is 0. The van der Waals surface area contributed by atoms with Crippen molar-refractivity contribution >= 4 is 12.0 Å². The summed E-state index contributed by atoms with van der Waals surface area (Å²) in [6.07, 6.45) is 10.6. The Morgan fingerprint density at radius 3 is 2.88 bits per heavy atom. The largest absolute Gasteiger partial charge is 1.00 e. The molecule has 1 heterocycles. The van der Waals surface area contributed by atoms with Crippen LogP contribution in [0.3, 0.4) is 0 Å². The van der Waals surface area contributed by atoms with Gasteiger partial charge in [-0.3, -0.25) is 28.6 Å². The molecule has 24 heavy (non-hydrogen) atoms. The molecule has 124 valence electrons. The van der Waals surface area contributed by atoms with Gasteiger partial charge in [-0.25, -0.2) is 18.2 Å². The van der Waals surface area contributed by atoms with E-state index in [1.807, 2.05) is 13.8 Å². The number of allylic oxidation sites excluding steroid dienone is 5. The van der Waals surface area contributed by atoms with E-state index in [9.17, 15) is 4.79 Å². The zero-order valence-corrected chi connectivity index (χ0v) is 14.6. The summed E-state index contributed by atoms with van der Waals surface area (Å²) in [5.41, 5.74) is 1.58. The van der Waals surface area contributed by atoms with Crippen molar-refractivity contribution in [2.75, 3.05) is 13.2 Å². The van der Waals surface area contributed by atoms with Crippen molar-refractivity contribution in [1.82, 2.24) is 15.5 Å². The van der Waals surface area contributed by atoms with Crippen LogP contribution in [0, 0.1) is 13.2 Å². The molecule has 0 fully saturated rings. The fourth-order valence-corrected chi connectivity index (χ4v) is 1.69. The average molecular weight is 320 g/mol. The summed E-state index contributed by atoms with van der Waals surface area (Å²) < 4.78 is 5.42. The van der Waals surface area contributed by atoms with Crippen LogP contribution in [0.15, 0.2) is 36.1 Å². The van der Waals surface area contributed by atoms with Gasteiger partial charge in [0.15, 0.2) is 0 Å². The molecular formula is C18H23LiN3O2-. The van der Waals surface area contributed by atoms with Crippen LogP contribution in [0.25, 0.3) is 6.08 Å². The monoisotopic (exact) mass is 320 g/mol. The molecule has 1 amide bonds. The minimum absolute atomic E-state index is 0. The standard InChI is InChI=1S/C18H23N3O2.Li/c1-5-6-8-15(4)9-10-16-13-20-21-17(16)18(22)19-11-7-12-23-14(2)3;/h1,4-6,8-10,13-14H,7,11-12H2,2-3H3,(H,19,22)(H,20,21);/q-2;+1/b8-6-,10-9+;. The van der Waals surface area contributed by atoms with Crippen LogP contribution in [-0.2, 0) is 4.74 Å². The van der Waals surface area contributed by atoms with E-state index in [-0.39, 0.29) is 30.9 Å². The van der Waals surface area contributed by atoms with Crippen LogP contribution < -0.4 is 24.2 Å². The summed E-state index contributed by atoms with van der Waals surface area (Å²) in [6.45, 7) is 16.1. The molecule has 0 aliphatic rings. The number of aromatic amines is 1. The van der Waals surface area contributed by atoms with Gasteiger partial charge in [-0.15, -0.1) is 6.08 Å². The van der Waals surface area contributed by atoms with Crippen LogP contribution in [-0.4, -0.2) is 35.4 Å². The maximum atomic E-state index is 12.1. The van der Waals surface area contributed by atoms with Crippen LogP contribution in [0.2, 0.25) is 0 Å². The molecule has 0 unspecified atom stereocenters. The Bertz CT molecular complexity index is 589. The molecule has 2 N–H and O–H groups in total. The van der Waals surface area contributed by atoms with Gasteiger partial charge in [0.2, 0.25) is 0 Å². The Morgan fingerprint density at radius 2 is 2.21 bits per heavy atom. The van der Waals surface area contributed by atoms with Crippen molar-refractivity contribution < 1.29 is 28.4 Å². The summed E-state index contributed by atoms with van der Waals surface area (Å²) in [5, 5.41) is 9.41. The third kappa shape index (κ3) is 8.73. The number of rotatable bonds is 10. The molecule has 1 aromatic rings. The van der Waals surface area contributed by atoms with E-state index in [0.29, 0.717) is 30.0 Å². The second-order valence-corrected chi connectivity index (χ2v) is 5.11. The predicted molar refractivity (Wildman–Crippen MR) is 91.5 cm³/mol. The number of carbonyl (C=O) groups is 1. The number of H-pyrrole nitrogens is 1. The molecule has 0 saturated heterocycles. The molecule has 1 aromatic heterocycles. The minimum Gasteiger partial charge on any atom is -0.379 e. The summed E-state index contributed by atoms with van der Waals surface area (Å²) in [4.78, 5) is 12.1. The zero-order valence-electron chi connectivity index (χ0n) is 14.6. The van der Waals surface area contributed by atoms with E-state index in [4.69, 9.17) is 17.9 Å². The fraction of sp³-hybridized carbons (Fsp3) is 0.333. The number of amides is 1. The predicted octanol–water partition coefficient (Wildman–Crippen LogP) is -0.123. The van der Waals surface area contributed by atoms with E-state index in [1.54, 1.807) is 30.5 Å². The summed E-state index contributed by atoms with van der Waals surface area (Å²) in [5.74, 6) is -0.212. The Balaban J connectivity index is 0.00000529. The maximum absolute atomic E-state index is 12.1. The van der Waals surface area contributed by atoms with Gasteiger partial charge in [0.05, 0.1) is 12.3 Å². The van der Waals surface area contributed by atoms with E-state index in [1.165, 1.54) is 6.08 Å². The number of aromatic nitrogens is 2. The molecule has 0 aromatic carbocycles. The van der Waals surface area contributed by atoms with Gasteiger partial charge in [-0.05, 0) is 20.3 Å². The van der Waals surface area contributed by atoms with Crippen molar-refractivity contribution in [2.45, 2.75) is 26.4 Å². The SMILES string of the molecule is [CH-]=C/C=C\C(=[CH-])/C=C/c1cn[nH]c1C(=O)NCCCOC(C)C.[Li+]. The number of ether oxygens (including phenoxy) is 1. The molecule has 0 aliphatic carbocycles. The first kappa shape index (κ1) is 22.2. The molecule has 0 bridgehead atoms. The maximum Gasteiger partial charge on any atom is 1.00 e. The van der Waals surface area contributed by atoms with Gasteiger partial charge < -0.3 is 10.1 Å². The Kier molecular flexibility index (Phi) is 11.7. The second-order valence-electron chi connectivity index (χ2n) is 5.11. The van der Waals surface area contributed by atoms with Crippen molar-refractivity contribution in [3.05, 3.63) is 60.5 Å². The molecule has 1 rings (SSSR count). The van der Waals surface area contributed by atoms with Gasteiger partial charge in [0, 0.05) is 18.7 Å². The van der Waals surface area contributed by atoms with E-state index < -0.39 is 0 Å². The van der Waals surface area contributed by atoms with E-state index >= 15 is 0 Å². The normalized spacial score (nSPS) is 11.0. The van der Waals surface area contributed by atoms with Crippen molar-refractivity contribution in [1.29, 1.82) is 0 Å². The first-order chi connectivity index (χ1) is 11.0. The number of nitrogens with one attached hydrogen (secondary N) is 2. The van der Waals surface area contributed by atoms with E-state index in [2.05, 4.69) is 15.5 Å². The number of nitrogens with zero attached hydrogens (tertiary/aromatic N) is 1. The zero-order chi connectivity index (χ0) is 17.1. The van der Waals surface area contributed by atoms with Gasteiger partial charge in [-0.1, -0.05) is 0 Å². The van der Waals surface area contributed by atoms with Crippen LogP contribution in [0.4, 0.5) is 0 Å². The Hall–Kier alpha value is -1.80. The number of hydrogen-bond acceptors (Lipinski definition) is 3. The third-order valence-corrected chi connectivity index (χ3v) is 2.81. The molecular weight excluding hydrogens is 297 g/mol. The van der Waals surface area contributed by atoms with E-state index in [0.717, 1.165) is 6.42 Å². The Labute approximate surface area is 156 Å². The van der Waals surface area contributed by atoms with Gasteiger partial charge in [-0.2, -0.15) is 11.2 Å². The Morgan fingerprint density at radius 1 is 1.46 bits per heavy atom. The molecule has 0 radical (unpaired) electrons. The van der Waals surface area contributed by atoms with Crippen molar-refractivity contribution in [3.63, 3.8) is 0 Å². The van der Waals surface area contributed by atoms with Crippen LogP contribution in [0.1, 0.15) is 36.3 Å².